The van der Waals surface area contributed by atoms with Gasteiger partial charge in [-0.1, -0.05) is 18.2 Å². The second-order valence-electron chi connectivity index (χ2n) is 3.63. The number of nitrogens with zero attached hydrogens (tertiary/aromatic N) is 1. The summed E-state index contributed by atoms with van der Waals surface area (Å²) in [6.07, 6.45) is -3.13. The molecule has 1 aromatic carbocycles. The summed E-state index contributed by atoms with van der Waals surface area (Å²) in [4.78, 5) is 15.3. The van der Waals surface area contributed by atoms with Crippen molar-refractivity contribution >= 4 is 17.1 Å². The van der Waals surface area contributed by atoms with Crippen LogP contribution in [0.3, 0.4) is 0 Å². The summed E-state index contributed by atoms with van der Waals surface area (Å²) in [6, 6.07) is 5.20. The lowest BCUT2D eigenvalue weighted by molar-refractivity contribution is -0.137. The molecule has 2 rings (SSSR count). The van der Waals surface area contributed by atoms with E-state index < -0.39 is 11.7 Å². The van der Waals surface area contributed by atoms with Crippen LogP contribution in [-0.4, -0.2) is 10.8 Å². The van der Waals surface area contributed by atoms with Gasteiger partial charge in [-0.25, -0.2) is 4.98 Å². The first-order valence-corrected chi connectivity index (χ1v) is 5.84. The van der Waals surface area contributed by atoms with E-state index in [1.165, 1.54) is 31.3 Å². The van der Waals surface area contributed by atoms with Crippen LogP contribution in [0, 0.1) is 0 Å². The molecule has 6 heteroatoms. The van der Waals surface area contributed by atoms with Crippen LogP contribution in [0.15, 0.2) is 30.5 Å². The monoisotopic (exact) mass is 271 g/mol. The van der Waals surface area contributed by atoms with Gasteiger partial charge in [-0.05, 0) is 6.07 Å². The fraction of sp³-hybridized carbons (Fsp3) is 0.167. The minimum atomic E-state index is -4.43. The number of hydrogen-bond acceptors (Lipinski definition) is 3. The van der Waals surface area contributed by atoms with Gasteiger partial charge in [0.05, 0.1) is 10.4 Å². The number of alkyl halides is 3. The summed E-state index contributed by atoms with van der Waals surface area (Å²) in [5, 5.41) is 0.202. The van der Waals surface area contributed by atoms with Crippen LogP contribution in [-0.2, 0) is 6.18 Å². The molecule has 0 saturated heterocycles. The molecule has 0 atom stereocenters. The third-order valence-electron chi connectivity index (χ3n) is 2.32. The lowest BCUT2D eigenvalue weighted by Crippen LogP contribution is -2.06. The fourth-order valence-corrected chi connectivity index (χ4v) is 2.33. The molecule has 0 amide bonds. The number of aromatic nitrogens is 1. The van der Waals surface area contributed by atoms with E-state index in [9.17, 15) is 18.0 Å². The third kappa shape index (κ3) is 2.43. The maximum Gasteiger partial charge on any atom is 0.417 e. The zero-order valence-corrected chi connectivity index (χ0v) is 10.1. The van der Waals surface area contributed by atoms with Crippen LogP contribution in [0.4, 0.5) is 13.2 Å². The number of benzene rings is 1. The van der Waals surface area contributed by atoms with E-state index in [1.807, 2.05) is 0 Å². The Kier molecular flexibility index (Phi) is 3.21. The van der Waals surface area contributed by atoms with Crippen molar-refractivity contribution in [3.8, 4) is 10.6 Å². The maximum absolute atomic E-state index is 12.8. The van der Waals surface area contributed by atoms with Gasteiger partial charge >= 0.3 is 6.18 Å². The molecule has 0 radical (unpaired) electrons. The molecule has 0 bridgehead atoms. The largest absolute Gasteiger partial charge is 0.417 e. The number of carbonyl (C=O) groups excluding carboxylic acids is 1. The third-order valence-corrected chi connectivity index (χ3v) is 3.45. The predicted octanol–water partition coefficient (Wildman–Crippen LogP) is 4.03. The van der Waals surface area contributed by atoms with Crippen molar-refractivity contribution in [1.82, 2.24) is 4.98 Å². The van der Waals surface area contributed by atoms with E-state index >= 15 is 0 Å². The summed E-state index contributed by atoms with van der Waals surface area (Å²) in [7, 11) is 0. The predicted molar refractivity (Wildman–Crippen MR) is 62.6 cm³/mol. The highest BCUT2D eigenvalue weighted by atomic mass is 32.1. The van der Waals surface area contributed by atoms with Crippen molar-refractivity contribution in [2.45, 2.75) is 13.1 Å². The lowest BCUT2D eigenvalue weighted by atomic mass is 10.1. The molecule has 1 aromatic heterocycles. The second-order valence-corrected chi connectivity index (χ2v) is 4.66. The van der Waals surface area contributed by atoms with Gasteiger partial charge in [0.1, 0.15) is 5.01 Å². The molecule has 0 aliphatic rings. The summed E-state index contributed by atoms with van der Waals surface area (Å²) in [6.45, 7) is 1.35. The smallest absolute Gasteiger partial charge is 0.294 e. The van der Waals surface area contributed by atoms with Gasteiger partial charge in [-0.15, -0.1) is 11.3 Å². The highest BCUT2D eigenvalue weighted by molar-refractivity contribution is 7.16. The molecule has 0 fully saturated rings. The molecule has 0 unspecified atom stereocenters. The Morgan fingerprint density at radius 1 is 1.28 bits per heavy atom. The van der Waals surface area contributed by atoms with Gasteiger partial charge in [0.2, 0.25) is 0 Å². The average molecular weight is 271 g/mol. The number of Topliss-reactive ketones (excluding diaryl/α,β-unsaturated/α-hetero) is 1. The van der Waals surface area contributed by atoms with Gasteiger partial charge in [0, 0.05) is 18.7 Å². The molecule has 18 heavy (non-hydrogen) atoms. The fourth-order valence-electron chi connectivity index (χ4n) is 1.48. The van der Waals surface area contributed by atoms with Crippen LogP contribution in [0.2, 0.25) is 0 Å². The normalized spacial score (nSPS) is 11.6. The number of rotatable bonds is 2. The van der Waals surface area contributed by atoms with E-state index in [0.717, 1.165) is 17.4 Å². The standard InChI is InChI=1S/C12H8F3NOS/c1-7(17)10-6-16-11(18-10)8-4-2-3-5-9(8)12(13,14)15/h2-6H,1H3. The Morgan fingerprint density at radius 2 is 1.94 bits per heavy atom. The minimum Gasteiger partial charge on any atom is -0.294 e. The molecular formula is C12H8F3NOS. The minimum absolute atomic E-state index is 0.00231. The van der Waals surface area contributed by atoms with Crippen LogP contribution in [0.25, 0.3) is 10.6 Å². The Balaban J connectivity index is 2.53. The van der Waals surface area contributed by atoms with E-state index in [1.54, 1.807) is 0 Å². The van der Waals surface area contributed by atoms with Crippen LogP contribution >= 0.6 is 11.3 Å². The topological polar surface area (TPSA) is 30.0 Å². The van der Waals surface area contributed by atoms with Crippen molar-refractivity contribution in [1.29, 1.82) is 0 Å². The molecule has 2 nitrogen and oxygen atoms in total. The van der Waals surface area contributed by atoms with Gasteiger partial charge in [-0.3, -0.25) is 4.79 Å². The summed E-state index contributed by atoms with van der Waals surface area (Å²) in [5.41, 5.74) is -0.739. The Hall–Kier alpha value is -1.69. The zero-order chi connectivity index (χ0) is 13.3. The molecule has 1 heterocycles. The van der Waals surface area contributed by atoms with E-state index in [4.69, 9.17) is 0 Å². The van der Waals surface area contributed by atoms with Crippen molar-refractivity contribution in [2.75, 3.05) is 0 Å². The Labute approximate surface area is 105 Å². The van der Waals surface area contributed by atoms with E-state index in [2.05, 4.69) is 4.98 Å². The molecule has 0 saturated carbocycles. The summed E-state index contributed by atoms with van der Waals surface area (Å²) >= 11 is 0.964. The highest BCUT2D eigenvalue weighted by Gasteiger charge is 2.34. The molecule has 94 valence electrons. The van der Waals surface area contributed by atoms with Gasteiger partial charge in [-0.2, -0.15) is 13.2 Å². The van der Waals surface area contributed by atoms with Crippen molar-refractivity contribution in [2.24, 2.45) is 0 Å². The lowest BCUT2D eigenvalue weighted by Gasteiger charge is -2.10. The molecular weight excluding hydrogens is 263 g/mol. The molecule has 0 aliphatic carbocycles. The van der Waals surface area contributed by atoms with Gasteiger partial charge in [0.25, 0.3) is 0 Å². The number of carbonyl (C=O) groups is 1. The van der Waals surface area contributed by atoms with Gasteiger partial charge in [0.15, 0.2) is 5.78 Å². The second kappa shape index (κ2) is 4.53. The highest BCUT2D eigenvalue weighted by Crippen LogP contribution is 2.38. The number of thiazole rings is 1. The summed E-state index contributed by atoms with van der Waals surface area (Å²) < 4.78 is 38.4. The first kappa shape index (κ1) is 12.8. The van der Waals surface area contributed by atoms with E-state index in [0.29, 0.717) is 4.88 Å². The number of halogens is 3. The molecule has 2 aromatic rings. The first-order valence-electron chi connectivity index (χ1n) is 5.03. The van der Waals surface area contributed by atoms with Crippen LogP contribution in [0.5, 0.6) is 0 Å². The zero-order valence-electron chi connectivity index (χ0n) is 9.28. The Morgan fingerprint density at radius 3 is 2.50 bits per heavy atom. The van der Waals surface area contributed by atoms with E-state index in [-0.39, 0.29) is 16.4 Å². The average Bonchev–Trinajstić information content (AvgIpc) is 2.77. The first-order chi connectivity index (χ1) is 8.39. The van der Waals surface area contributed by atoms with Crippen molar-refractivity contribution in [3.05, 3.63) is 40.9 Å². The SMILES string of the molecule is CC(=O)c1cnc(-c2ccccc2C(F)(F)F)s1. The van der Waals surface area contributed by atoms with Gasteiger partial charge < -0.3 is 0 Å². The number of hydrogen-bond donors (Lipinski definition) is 0. The van der Waals surface area contributed by atoms with Crippen LogP contribution in [0.1, 0.15) is 22.2 Å². The van der Waals surface area contributed by atoms with Crippen molar-refractivity contribution in [3.63, 3.8) is 0 Å². The van der Waals surface area contributed by atoms with Crippen molar-refractivity contribution < 1.29 is 18.0 Å². The molecule has 0 spiro atoms. The maximum atomic E-state index is 12.8. The molecule has 0 N–H and O–H groups in total. The molecule has 0 aliphatic heterocycles. The quantitative estimate of drug-likeness (QED) is 0.772. The summed E-state index contributed by atoms with van der Waals surface area (Å²) in [5.74, 6) is -0.205. The van der Waals surface area contributed by atoms with Crippen LogP contribution < -0.4 is 0 Å². The number of ketones is 1. The Bertz CT molecular complexity index is 589.